The second-order valence-electron chi connectivity index (χ2n) is 3.15. The van der Waals surface area contributed by atoms with Gasteiger partial charge in [0.25, 0.3) is 0 Å². The number of cyclic esters (lactones) is 1. The first kappa shape index (κ1) is 16.2. The van der Waals surface area contributed by atoms with E-state index >= 15 is 0 Å². The topological polar surface area (TPSA) is 122 Å². The molecule has 0 aliphatic carbocycles. The monoisotopic (exact) mass is 256 g/mol. The van der Waals surface area contributed by atoms with Crippen LogP contribution < -0.4 is 34.9 Å². The van der Waals surface area contributed by atoms with Crippen molar-refractivity contribution in [2.45, 2.75) is 18.6 Å². The molecule has 1 heterocycles. The first-order valence-electron chi connectivity index (χ1n) is 4.50. The molecule has 90 valence electrons. The number of esters is 1. The summed E-state index contributed by atoms with van der Waals surface area (Å²) in [5.41, 5.74) is 0. The maximum Gasteiger partial charge on any atom is 1.00 e. The van der Waals surface area contributed by atoms with Crippen molar-refractivity contribution in [1.82, 2.24) is 5.32 Å². The van der Waals surface area contributed by atoms with Gasteiger partial charge in [-0.05, 0) is 0 Å². The first-order chi connectivity index (χ1) is 7.49. The minimum atomic E-state index is -1.78. The summed E-state index contributed by atoms with van der Waals surface area (Å²) in [6, 6.07) is 0. The molecule has 0 bridgehead atoms. The Labute approximate surface area is 119 Å². The molecule has 9 heteroatoms. The Morgan fingerprint density at radius 3 is 2.71 bits per heavy atom. The van der Waals surface area contributed by atoms with Crippen LogP contribution in [0.3, 0.4) is 0 Å². The molecule has 1 rings (SSSR count). The summed E-state index contributed by atoms with van der Waals surface area (Å²) >= 11 is 0. The Balaban J connectivity index is 0.00000256. The number of aliphatic hydroxyl groups is 1. The number of ether oxygens (including phenoxy) is 2. The molecule has 0 unspecified atom stereocenters. The Hall–Kier alpha value is -0.830. The third kappa shape index (κ3) is 5.87. The summed E-state index contributed by atoms with van der Waals surface area (Å²) in [4.78, 5) is 31.8. The Morgan fingerprint density at radius 1 is 1.59 bits per heavy atom. The van der Waals surface area contributed by atoms with Crippen LogP contribution in [0.25, 0.3) is 0 Å². The molecule has 0 saturated carbocycles. The van der Waals surface area contributed by atoms with Gasteiger partial charge in [0.1, 0.15) is 6.61 Å². The largest absolute Gasteiger partial charge is 1.00 e. The Kier molecular flexibility index (Phi) is 7.12. The number of aliphatic carboxylic acids is 1. The Morgan fingerprint density at radius 2 is 2.24 bits per heavy atom. The van der Waals surface area contributed by atoms with Crippen LogP contribution in [-0.4, -0.2) is 53.6 Å². The van der Waals surface area contributed by atoms with Gasteiger partial charge in [-0.1, -0.05) is 0 Å². The molecule has 1 fully saturated rings. The fourth-order valence-corrected chi connectivity index (χ4v) is 1.01. The summed E-state index contributed by atoms with van der Waals surface area (Å²) in [6.07, 6.45) is -3.58. The first-order valence-corrected chi connectivity index (χ1v) is 4.50. The van der Waals surface area contributed by atoms with Gasteiger partial charge in [0.2, 0.25) is 0 Å². The van der Waals surface area contributed by atoms with E-state index in [1.54, 1.807) is 0 Å². The fraction of sp³-hybridized carbons (Fsp3) is 0.625. The fourth-order valence-electron chi connectivity index (χ4n) is 1.01. The average Bonchev–Trinajstić information content (AvgIpc) is 2.61. The molecule has 0 aromatic rings. The molecule has 3 N–H and O–H groups in total. The van der Waals surface area contributed by atoms with Crippen LogP contribution >= 0.6 is 0 Å². The molecular formula is C8H11NNaO7+. The van der Waals surface area contributed by atoms with E-state index in [-0.39, 0.29) is 42.7 Å². The van der Waals surface area contributed by atoms with Gasteiger partial charge < -0.3 is 25.0 Å². The number of carbonyl (C=O) groups is 3. The van der Waals surface area contributed by atoms with Crippen molar-refractivity contribution in [3.63, 3.8) is 0 Å². The van der Waals surface area contributed by atoms with E-state index in [4.69, 9.17) is 10.2 Å². The summed E-state index contributed by atoms with van der Waals surface area (Å²) < 4.78 is 9.27. The average molecular weight is 256 g/mol. The zero-order valence-electron chi connectivity index (χ0n) is 9.21. The van der Waals surface area contributed by atoms with Crippen molar-refractivity contribution in [3.05, 3.63) is 0 Å². The van der Waals surface area contributed by atoms with Crippen LogP contribution in [0.2, 0.25) is 0 Å². The zero-order valence-corrected chi connectivity index (χ0v) is 11.2. The number of rotatable bonds is 5. The maximum atomic E-state index is 11.0. The van der Waals surface area contributed by atoms with Crippen molar-refractivity contribution < 1.29 is 63.6 Å². The van der Waals surface area contributed by atoms with Crippen LogP contribution in [0.15, 0.2) is 0 Å². The van der Waals surface area contributed by atoms with E-state index in [1.165, 1.54) is 0 Å². The quantitative estimate of drug-likeness (QED) is 0.334. The van der Waals surface area contributed by atoms with Gasteiger partial charge in [-0.25, -0.2) is 9.59 Å². The third-order valence-corrected chi connectivity index (χ3v) is 1.82. The number of hydrogen-bond acceptors (Lipinski definition) is 6. The van der Waals surface area contributed by atoms with Crippen molar-refractivity contribution in [2.24, 2.45) is 0 Å². The van der Waals surface area contributed by atoms with E-state index in [9.17, 15) is 14.4 Å². The van der Waals surface area contributed by atoms with Crippen molar-refractivity contribution in [1.29, 1.82) is 0 Å². The number of nitrogens with one attached hydrogen (secondary N) is 1. The Bertz CT molecular complexity index is 308. The zero-order chi connectivity index (χ0) is 12.1. The smallest absolute Gasteiger partial charge is 0.479 e. The molecule has 0 spiro atoms. The van der Waals surface area contributed by atoms with Crippen molar-refractivity contribution in [3.8, 4) is 0 Å². The van der Waals surface area contributed by atoms with Crippen LogP contribution in [0, 0.1) is 0 Å². The minimum absolute atomic E-state index is 0. The van der Waals surface area contributed by atoms with Crippen LogP contribution in [0.1, 0.15) is 6.42 Å². The number of amides is 1. The number of alkyl carbamates (subject to hydrolysis) is 1. The molecule has 1 amide bonds. The second kappa shape index (κ2) is 7.49. The van der Waals surface area contributed by atoms with E-state index in [0.29, 0.717) is 0 Å². The van der Waals surface area contributed by atoms with E-state index in [0.717, 1.165) is 0 Å². The summed E-state index contributed by atoms with van der Waals surface area (Å²) in [5, 5.41) is 19.5. The number of carboxylic acid groups (broad SMARTS) is 1. The van der Waals surface area contributed by atoms with Crippen LogP contribution in [-0.2, 0) is 19.1 Å². The molecule has 17 heavy (non-hydrogen) atoms. The van der Waals surface area contributed by atoms with Gasteiger partial charge in [-0.2, -0.15) is 0 Å². The number of carbonyl (C=O) groups excluding carboxylic acids is 2. The predicted molar refractivity (Wildman–Crippen MR) is 47.5 cm³/mol. The maximum absolute atomic E-state index is 11.0. The molecule has 0 aromatic carbocycles. The number of hydrogen-bond donors (Lipinski definition) is 3. The van der Waals surface area contributed by atoms with E-state index in [1.807, 2.05) is 0 Å². The molecule has 1 saturated heterocycles. The summed E-state index contributed by atoms with van der Waals surface area (Å²) in [5.74, 6) is -2.36. The van der Waals surface area contributed by atoms with Gasteiger partial charge in [0.05, 0.1) is 13.0 Å². The molecule has 2 atom stereocenters. The number of aliphatic hydroxyl groups excluding tert-OH is 1. The van der Waals surface area contributed by atoms with Gasteiger partial charge in [-0.3, -0.25) is 4.79 Å². The normalized spacial score (nSPS) is 19.6. The molecule has 0 radical (unpaired) electrons. The van der Waals surface area contributed by atoms with Gasteiger partial charge in [-0.15, -0.1) is 0 Å². The number of carboxylic acids is 1. The molecular weight excluding hydrogens is 245 g/mol. The molecule has 0 aromatic heterocycles. The minimum Gasteiger partial charge on any atom is -0.479 e. The predicted octanol–water partition coefficient (Wildman–Crippen LogP) is -4.52. The third-order valence-electron chi connectivity index (χ3n) is 1.82. The van der Waals surface area contributed by atoms with Crippen molar-refractivity contribution >= 4 is 18.0 Å². The summed E-state index contributed by atoms with van der Waals surface area (Å²) in [7, 11) is 0. The van der Waals surface area contributed by atoms with Crippen molar-refractivity contribution in [2.75, 3.05) is 13.2 Å². The van der Waals surface area contributed by atoms with E-state index < -0.39 is 36.7 Å². The SMILES string of the molecule is O=C(C[C@H](O)C(=O)O)OC[C@@H]1CNC(=O)O1.[Na+]. The van der Waals surface area contributed by atoms with Gasteiger partial charge in [0, 0.05) is 0 Å². The van der Waals surface area contributed by atoms with Gasteiger partial charge >= 0.3 is 47.6 Å². The van der Waals surface area contributed by atoms with E-state index in [2.05, 4.69) is 14.8 Å². The second-order valence-corrected chi connectivity index (χ2v) is 3.15. The summed E-state index contributed by atoms with van der Waals surface area (Å²) in [6.45, 7) is 0.0670. The standard InChI is InChI=1S/C8H11NO7.Na/c10-5(7(12)13)1-6(11)15-3-4-2-9-8(14)16-4;/h4-5,10H,1-3H2,(H,9,14)(H,12,13);/q;+1/t4-,5-;/m0./s1. The molecule has 8 nitrogen and oxygen atoms in total. The molecule has 1 aliphatic heterocycles. The van der Waals surface area contributed by atoms with Crippen LogP contribution in [0.4, 0.5) is 4.79 Å². The van der Waals surface area contributed by atoms with Crippen LogP contribution in [0.5, 0.6) is 0 Å². The molecule has 1 aliphatic rings. The van der Waals surface area contributed by atoms with Gasteiger partial charge in [0.15, 0.2) is 12.2 Å².